The van der Waals surface area contributed by atoms with Gasteiger partial charge in [-0.1, -0.05) is 24.6 Å². The van der Waals surface area contributed by atoms with Gasteiger partial charge in [-0.3, -0.25) is 0 Å². The molecule has 0 fully saturated rings. The van der Waals surface area contributed by atoms with Crippen LogP contribution in [0.2, 0.25) is 5.02 Å². The Kier molecular flexibility index (Phi) is 3.22. The van der Waals surface area contributed by atoms with Gasteiger partial charge in [-0.25, -0.2) is 0 Å². The Bertz CT molecular complexity index is 517. The van der Waals surface area contributed by atoms with E-state index in [0.717, 1.165) is 33.1 Å². The van der Waals surface area contributed by atoms with Gasteiger partial charge < -0.3 is 5.73 Å². The van der Waals surface area contributed by atoms with Crippen LogP contribution in [0.15, 0.2) is 24.3 Å². The SMILES string of the molecule is CCc1cc(-c2ccc(Cl)c(C)c2)c(N)s1. The van der Waals surface area contributed by atoms with Crippen LogP contribution >= 0.6 is 22.9 Å². The summed E-state index contributed by atoms with van der Waals surface area (Å²) in [5.41, 5.74) is 9.38. The van der Waals surface area contributed by atoms with Crippen LogP contribution in [0.25, 0.3) is 11.1 Å². The summed E-state index contributed by atoms with van der Waals surface area (Å²) in [7, 11) is 0. The fourth-order valence-electron chi connectivity index (χ4n) is 1.67. The number of rotatable bonds is 2. The third kappa shape index (κ3) is 2.08. The van der Waals surface area contributed by atoms with E-state index in [4.69, 9.17) is 17.3 Å². The molecule has 0 radical (unpaired) electrons. The van der Waals surface area contributed by atoms with Crippen LogP contribution in [0.4, 0.5) is 5.00 Å². The second-order valence-corrected chi connectivity index (χ2v) is 5.38. The quantitative estimate of drug-likeness (QED) is 0.834. The number of thiophene rings is 1. The van der Waals surface area contributed by atoms with Gasteiger partial charge in [-0.15, -0.1) is 11.3 Å². The lowest BCUT2D eigenvalue weighted by atomic mass is 10.1. The lowest BCUT2D eigenvalue weighted by Crippen LogP contribution is -1.84. The number of nitrogens with two attached hydrogens (primary N) is 1. The molecule has 0 saturated carbocycles. The minimum Gasteiger partial charge on any atom is -0.390 e. The van der Waals surface area contributed by atoms with Crippen LogP contribution in [-0.4, -0.2) is 0 Å². The molecule has 0 aliphatic heterocycles. The Morgan fingerprint density at radius 1 is 1.31 bits per heavy atom. The summed E-state index contributed by atoms with van der Waals surface area (Å²) in [6.07, 6.45) is 1.03. The number of halogens is 1. The normalized spacial score (nSPS) is 10.7. The fraction of sp³-hybridized carbons (Fsp3) is 0.231. The van der Waals surface area contributed by atoms with Crippen LogP contribution in [0, 0.1) is 6.92 Å². The molecule has 84 valence electrons. The summed E-state index contributed by atoms with van der Waals surface area (Å²) in [6, 6.07) is 8.20. The summed E-state index contributed by atoms with van der Waals surface area (Å²) in [5.74, 6) is 0. The molecule has 3 heteroatoms. The van der Waals surface area contributed by atoms with Crippen molar-refractivity contribution >= 4 is 27.9 Å². The number of aryl methyl sites for hydroxylation is 2. The van der Waals surface area contributed by atoms with E-state index in [9.17, 15) is 0 Å². The Hall–Kier alpha value is -0.990. The first kappa shape index (κ1) is 11.5. The maximum atomic E-state index is 6.02. The van der Waals surface area contributed by atoms with E-state index in [2.05, 4.69) is 19.1 Å². The maximum absolute atomic E-state index is 6.02. The predicted octanol–water partition coefficient (Wildman–Crippen LogP) is 4.52. The zero-order valence-electron chi connectivity index (χ0n) is 9.38. The average Bonchev–Trinajstić information content (AvgIpc) is 2.64. The highest BCUT2D eigenvalue weighted by Gasteiger charge is 2.08. The molecule has 0 aliphatic rings. The largest absolute Gasteiger partial charge is 0.390 e. The third-order valence-electron chi connectivity index (χ3n) is 2.63. The van der Waals surface area contributed by atoms with Crippen molar-refractivity contribution in [1.29, 1.82) is 0 Å². The number of anilines is 1. The van der Waals surface area contributed by atoms with E-state index < -0.39 is 0 Å². The average molecular weight is 252 g/mol. The predicted molar refractivity (Wildman–Crippen MR) is 73.3 cm³/mol. The van der Waals surface area contributed by atoms with Crippen LogP contribution in [0.3, 0.4) is 0 Å². The smallest absolute Gasteiger partial charge is 0.0938 e. The molecule has 2 aromatic rings. The number of hydrogen-bond donors (Lipinski definition) is 1. The highest BCUT2D eigenvalue weighted by atomic mass is 35.5. The Morgan fingerprint density at radius 2 is 2.06 bits per heavy atom. The van der Waals surface area contributed by atoms with Gasteiger partial charge in [0.2, 0.25) is 0 Å². The van der Waals surface area contributed by atoms with E-state index in [1.165, 1.54) is 4.88 Å². The van der Waals surface area contributed by atoms with E-state index >= 15 is 0 Å². The molecular formula is C13H14ClNS. The summed E-state index contributed by atoms with van der Waals surface area (Å²) < 4.78 is 0. The van der Waals surface area contributed by atoms with E-state index in [0.29, 0.717) is 0 Å². The molecular weight excluding hydrogens is 238 g/mol. The fourth-order valence-corrected chi connectivity index (χ4v) is 2.68. The molecule has 0 spiro atoms. The van der Waals surface area contributed by atoms with Crippen LogP contribution < -0.4 is 5.73 Å². The highest BCUT2D eigenvalue weighted by Crippen LogP contribution is 2.35. The van der Waals surface area contributed by atoms with E-state index in [1.54, 1.807) is 11.3 Å². The minimum atomic E-state index is 0.799. The number of nitrogen functional groups attached to an aromatic ring is 1. The molecule has 1 heterocycles. The molecule has 16 heavy (non-hydrogen) atoms. The van der Waals surface area contributed by atoms with Crippen molar-refractivity contribution in [2.45, 2.75) is 20.3 Å². The molecule has 1 nitrogen and oxygen atoms in total. The van der Waals surface area contributed by atoms with Gasteiger partial charge in [0.1, 0.15) is 0 Å². The lowest BCUT2D eigenvalue weighted by Gasteiger charge is -2.03. The molecule has 2 rings (SSSR count). The monoisotopic (exact) mass is 251 g/mol. The second-order valence-electron chi connectivity index (χ2n) is 3.81. The van der Waals surface area contributed by atoms with Gasteiger partial charge in [0, 0.05) is 15.5 Å². The van der Waals surface area contributed by atoms with Crippen molar-refractivity contribution in [2.75, 3.05) is 5.73 Å². The zero-order chi connectivity index (χ0) is 11.7. The first-order chi connectivity index (χ1) is 7.61. The molecule has 2 N–H and O–H groups in total. The van der Waals surface area contributed by atoms with E-state index in [-0.39, 0.29) is 0 Å². The molecule has 0 amide bonds. The van der Waals surface area contributed by atoms with Crippen LogP contribution in [0.5, 0.6) is 0 Å². The summed E-state index contributed by atoms with van der Waals surface area (Å²) in [5, 5.41) is 1.69. The van der Waals surface area contributed by atoms with Gasteiger partial charge in [0.15, 0.2) is 0 Å². The van der Waals surface area contributed by atoms with Crippen molar-refractivity contribution in [3.63, 3.8) is 0 Å². The number of benzene rings is 1. The topological polar surface area (TPSA) is 26.0 Å². The lowest BCUT2D eigenvalue weighted by molar-refractivity contribution is 1.19. The molecule has 0 saturated heterocycles. The zero-order valence-corrected chi connectivity index (χ0v) is 11.0. The van der Waals surface area contributed by atoms with Gasteiger partial charge >= 0.3 is 0 Å². The second kappa shape index (κ2) is 4.48. The summed E-state index contributed by atoms with van der Waals surface area (Å²) >= 11 is 7.68. The molecule has 0 bridgehead atoms. The Labute approximate surface area is 105 Å². The van der Waals surface area contributed by atoms with E-state index in [1.807, 2.05) is 19.1 Å². The van der Waals surface area contributed by atoms with Crippen molar-refractivity contribution in [3.8, 4) is 11.1 Å². The molecule has 0 unspecified atom stereocenters. The van der Waals surface area contributed by atoms with Crippen molar-refractivity contribution in [3.05, 3.63) is 39.7 Å². The summed E-state index contributed by atoms with van der Waals surface area (Å²) in [4.78, 5) is 1.32. The molecule has 0 aliphatic carbocycles. The first-order valence-corrected chi connectivity index (χ1v) is 6.46. The number of hydrogen-bond acceptors (Lipinski definition) is 2. The first-order valence-electron chi connectivity index (χ1n) is 5.26. The highest BCUT2D eigenvalue weighted by molar-refractivity contribution is 7.16. The molecule has 1 aromatic carbocycles. The molecule has 0 atom stereocenters. The maximum Gasteiger partial charge on any atom is 0.0938 e. The Balaban J connectivity index is 2.49. The third-order valence-corrected chi connectivity index (χ3v) is 4.16. The minimum absolute atomic E-state index is 0.799. The van der Waals surface area contributed by atoms with Crippen molar-refractivity contribution < 1.29 is 0 Å². The van der Waals surface area contributed by atoms with Crippen LogP contribution in [0.1, 0.15) is 17.4 Å². The van der Waals surface area contributed by atoms with Gasteiger partial charge in [0.25, 0.3) is 0 Å². The van der Waals surface area contributed by atoms with Crippen LogP contribution in [-0.2, 0) is 6.42 Å². The Morgan fingerprint density at radius 3 is 2.62 bits per heavy atom. The van der Waals surface area contributed by atoms with Gasteiger partial charge in [0.05, 0.1) is 5.00 Å². The van der Waals surface area contributed by atoms with Crippen molar-refractivity contribution in [1.82, 2.24) is 0 Å². The van der Waals surface area contributed by atoms with Crippen molar-refractivity contribution in [2.24, 2.45) is 0 Å². The molecule has 1 aromatic heterocycles. The summed E-state index contributed by atoms with van der Waals surface area (Å²) in [6.45, 7) is 4.15. The standard InChI is InChI=1S/C13H14ClNS/c1-3-10-7-11(13(15)16-10)9-4-5-12(14)8(2)6-9/h4-7H,3,15H2,1-2H3. The van der Waals surface area contributed by atoms with Gasteiger partial charge in [-0.2, -0.15) is 0 Å². The van der Waals surface area contributed by atoms with Gasteiger partial charge in [-0.05, 0) is 42.7 Å².